The lowest BCUT2D eigenvalue weighted by molar-refractivity contribution is -0.131. The highest BCUT2D eigenvalue weighted by atomic mass is 32.1. The van der Waals surface area contributed by atoms with Gasteiger partial charge in [0.15, 0.2) is 0 Å². The summed E-state index contributed by atoms with van der Waals surface area (Å²) in [4.78, 5) is 15.6. The first-order valence-corrected chi connectivity index (χ1v) is 10.1. The Morgan fingerprint density at radius 3 is 2.70 bits per heavy atom. The highest BCUT2D eigenvalue weighted by Gasteiger charge is 2.23. The molecule has 0 fully saturated rings. The SMILES string of the molecule is CCC(=O)N(CC[C@@H](c1ccco1)c1ccccc1OC)Cc1cccs1. The zero-order valence-corrected chi connectivity index (χ0v) is 16.6. The minimum Gasteiger partial charge on any atom is -0.496 e. The average Bonchev–Trinajstić information content (AvgIpc) is 3.41. The van der Waals surface area contributed by atoms with Crippen LogP contribution in [0.3, 0.4) is 0 Å². The number of rotatable bonds is 9. The van der Waals surface area contributed by atoms with Gasteiger partial charge in [0.2, 0.25) is 5.91 Å². The van der Waals surface area contributed by atoms with Gasteiger partial charge in [0.25, 0.3) is 0 Å². The number of carbonyl (C=O) groups excluding carboxylic acids is 1. The Morgan fingerprint density at radius 2 is 2.04 bits per heavy atom. The summed E-state index contributed by atoms with van der Waals surface area (Å²) in [5.74, 6) is 1.93. The molecule has 0 N–H and O–H groups in total. The first-order chi connectivity index (χ1) is 13.2. The summed E-state index contributed by atoms with van der Waals surface area (Å²) in [7, 11) is 1.68. The van der Waals surface area contributed by atoms with Crippen LogP contribution >= 0.6 is 11.3 Å². The van der Waals surface area contributed by atoms with Crippen LogP contribution in [-0.4, -0.2) is 24.5 Å². The molecule has 0 unspecified atom stereocenters. The number of ether oxygens (including phenoxy) is 1. The largest absolute Gasteiger partial charge is 0.496 e. The van der Waals surface area contributed by atoms with Gasteiger partial charge in [-0.05, 0) is 36.1 Å². The number of benzene rings is 1. The van der Waals surface area contributed by atoms with E-state index in [0.717, 1.165) is 23.5 Å². The van der Waals surface area contributed by atoms with Crippen LogP contribution in [0.25, 0.3) is 0 Å². The second-order valence-corrected chi connectivity index (χ2v) is 7.38. The van der Waals surface area contributed by atoms with E-state index in [2.05, 4.69) is 12.1 Å². The van der Waals surface area contributed by atoms with Crippen LogP contribution in [0.2, 0.25) is 0 Å². The maximum atomic E-state index is 12.5. The van der Waals surface area contributed by atoms with Crippen molar-refractivity contribution in [2.24, 2.45) is 0 Å². The fraction of sp³-hybridized carbons (Fsp3) is 0.318. The Labute approximate surface area is 164 Å². The average molecular weight is 384 g/mol. The van der Waals surface area contributed by atoms with Gasteiger partial charge in [0, 0.05) is 29.3 Å². The van der Waals surface area contributed by atoms with Crippen molar-refractivity contribution in [2.75, 3.05) is 13.7 Å². The summed E-state index contributed by atoms with van der Waals surface area (Å²) in [5.41, 5.74) is 1.08. The van der Waals surface area contributed by atoms with E-state index in [1.165, 1.54) is 4.88 Å². The molecule has 1 aromatic carbocycles. The first kappa shape index (κ1) is 19.2. The van der Waals surface area contributed by atoms with Crippen LogP contribution in [0.4, 0.5) is 0 Å². The Hall–Kier alpha value is -2.53. The smallest absolute Gasteiger partial charge is 0.222 e. The zero-order chi connectivity index (χ0) is 19.1. The van der Waals surface area contributed by atoms with Gasteiger partial charge < -0.3 is 14.1 Å². The summed E-state index contributed by atoms with van der Waals surface area (Å²) in [6.07, 6.45) is 2.97. The van der Waals surface area contributed by atoms with E-state index in [4.69, 9.17) is 9.15 Å². The topological polar surface area (TPSA) is 42.7 Å². The maximum Gasteiger partial charge on any atom is 0.222 e. The minimum atomic E-state index is 0.0339. The van der Waals surface area contributed by atoms with E-state index in [9.17, 15) is 4.79 Å². The quantitative estimate of drug-likeness (QED) is 0.503. The number of para-hydroxylation sites is 1. The van der Waals surface area contributed by atoms with Gasteiger partial charge in [-0.25, -0.2) is 0 Å². The molecule has 5 heteroatoms. The Kier molecular flexibility index (Phi) is 6.71. The molecule has 0 saturated heterocycles. The highest BCUT2D eigenvalue weighted by molar-refractivity contribution is 7.09. The fourth-order valence-electron chi connectivity index (χ4n) is 3.29. The van der Waals surface area contributed by atoms with E-state index in [1.54, 1.807) is 24.7 Å². The number of thiophene rings is 1. The minimum absolute atomic E-state index is 0.0339. The second kappa shape index (κ2) is 9.42. The van der Waals surface area contributed by atoms with Crippen molar-refractivity contribution in [3.05, 3.63) is 76.4 Å². The number of hydrogen-bond donors (Lipinski definition) is 0. The lowest BCUT2D eigenvalue weighted by Gasteiger charge is -2.25. The summed E-state index contributed by atoms with van der Waals surface area (Å²) in [6.45, 7) is 3.23. The fourth-order valence-corrected chi connectivity index (χ4v) is 4.01. The zero-order valence-electron chi connectivity index (χ0n) is 15.8. The molecular weight excluding hydrogens is 358 g/mol. The van der Waals surface area contributed by atoms with E-state index in [0.29, 0.717) is 19.5 Å². The number of methoxy groups -OCH3 is 1. The molecule has 0 saturated carbocycles. The normalized spacial score (nSPS) is 11.9. The van der Waals surface area contributed by atoms with E-state index in [-0.39, 0.29) is 11.8 Å². The molecule has 2 heterocycles. The standard InChI is InChI=1S/C22H25NO3S/c1-3-22(24)23(16-17-8-7-15-27-17)13-12-19(21-11-6-14-26-21)18-9-4-5-10-20(18)25-2/h4-11,14-15,19H,3,12-13,16H2,1-2H3/t19-/m1/s1. The number of furan rings is 1. The molecule has 1 amide bonds. The van der Waals surface area contributed by atoms with Crippen LogP contribution in [0.1, 0.15) is 41.9 Å². The van der Waals surface area contributed by atoms with Gasteiger partial charge in [-0.15, -0.1) is 11.3 Å². The third kappa shape index (κ3) is 4.80. The second-order valence-electron chi connectivity index (χ2n) is 6.35. The molecule has 3 rings (SSSR count). The lowest BCUT2D eigenvalue weighted by Crippen LogP contribution is -2.31. The first-order valence-electron chi connectivity index (χ1n) is 9.19. The van der Waals surface area contributed by atoms with Gasteiger partial charge in [-0.3, -0.25) is 4.79 Å². The molecule has 0 aliphatic heterocycles. The van der Waals surface area contributed by atoms with Crippen molar-refractivity contribution in [3.8, 4) is 5.75 Å². The van der Waals surface area contributed by atoms with Gasteiger partial charge in [0.1, 0.15) is 11.5 Å². The molecular formula is C22H25NO3S. The molecule has 0 aliphatic carbocycles. The van der Waals surface area contributed by atoms with Crippen LogP contribution < -0.4 is 4.74 Å². The van der Waals surface area contributed by atoms with Crippen LogP contribution in [0.5, 0.6) is 5.75 Å². The van der Waals surface area contributed by atoms with Gasteiger partial charge in [0.05, 0.1) is 19.9 Å². The van der Waals surface area contributed by atoms with Crippen molar-refractivity contribution in [2.45, 2.75) is 32.2 Å². The maximum absolute atomic E-state index is 12.5. The molecule has 27 heavy (non-hydrogen) atoms. The molecule has 142 valence electrons. The predicted octanol–water partition coefficient (Wildman–Crippen LogP) is 5.31. The molecule has 4 nitrogen and oxygen atoms in total. The summed E-state index contributed by atoms with van der Waals surface area (Å²) >= 11 is 1.68. The van der Waals surface area contributed by atoms with Crippen molar-refractivity contribution >= 4 is 17.2 Å². The third-order valence-electron chi connectivity index (χ3n) is 4.67. The molecule has 0 radical (unpaired) electrons. The summed E-state index contributed by atoms with van der Waals surface area (Å²) in [5, 5.41) is 2.05. The predicted molar refractivity (Wildman–Crippen MR) is 108 cm³/mol. The van der Waals surface area contributed by atoms with Gasteiger partial charge in [-0.1, -0.05) is 31.2 Å². The van der Waals surface area contributed by atoms with Crippen LogP contribution in [-0.2, 0) is 11.3 Å². The highest BCUT2D eigenvalue weighted by Crippen LogP contribution is 2.35. The third-order valence-corrected chi connectivity index (χ3v) is 5.53. The van der Waals surface area contributed by atoms with E-state index >= 15 is 0 Å². The molecule has 0 spiro atoms. The molecule has 0 bridgehead atoms. The van der Waals surface area contributed by atoms with Crippen molar-refractivity contribution in [1.29, 1.82) is 0 Å². The van der Waals surface area contributed by atoms with E-state index < -0.39 is 0 Å². The monoisotopic (exact) mass is 383 g/mol. The van der Waals surface area contributed by atoms with Crippen LogP contribution in [0.15, 0.2) is 64.6 Å². The van der Waals surface area contributed by atoms with Crippen LogP contribution in [0, 0.1) is 0 Å². The van der Waals surface area contributed by atoms with Crippen molar-refractivity contribution in [1.82, 2.24) is 4.90 Å². The molecule has 3 aromatic rings. The molecule has 0 aliphatic rings. The summed E-state index contributed by atoms with van der Waals surface area (Å²) in [6, 6.07) is 16.0. The number of hydrogen-bond acceptors (Lipinski definition) is 4. The lowest BCUT2D eigenvalue weighted by atomic mass is 9.92. The Balaban J connectivity index is 1.82. The Bertz CT molecular complexity index is 827. The van der Waals surface area contributed by atoms with Gasteiger partial charge in [-0.2, -0.15) is 0 Å². The summed E-state index contributed by atoms with van der Waals surface area (Å²) < 4.78 is 11.3. The number of amides is 1. The van der Waals surface area contributed by atoms with E-state index in [1.807, 2.05) is 53.6 Å². The Morgan fingerprint density at radius 1 is 1.19 bits per heavy atom. The number of nitrogens with zero attached hydrogens (tertiary/aromatic N) is 1. The molecule has 2 aromatic heterocycles. The van der Waals surface area contributed by atoms with Gasteiger partial charge >= 0.3 is 0 Å². The van der Waals surface area contributed by atoms with Crippen molar-refractivity contribution in [3.63, 3.8) is 0 Å². The number of carbonyl (C=O) groups is 1. The van der Waals surface area contributed by atoms with Crippen molar-refractivity contribution < 1.29 is 13.9 Å². The molecule has 1 atom stereocenters.